The van der Waals surface area contributed by atoms with Crippen molar-refractivity contribution in [3.63, 3.8) is 0 Å². The van der Waals surface area contributed by atoms with Crippen LogP contribution < -0.4 is 10.2 Å². The van der Waals surface area contributed by atoms with E-state index in [1.165, 1.54) is 0 Å². The van der Waals surface area contributed by atoms with E-state index >= 15 is 0 Å². The Balaban J connectivity index is 0.000000686. The molecule has 2 N–H and O–H groups in total. The van der Waals surface area contributed by atoms with Gasteiger partial charge in [-0.2, -0.15) is 0 Å². The van der Waals surface area contributed by atoms with Crippen LogP contribution in [-0.4, -0.2) is 30.5 Å². The van der Waals surface area contributed by atoms with Gasteiger partial charge >= 0.3 is 7.12 Å². The van der Waals surface area contributed by atoms with Crippen LogP contribution in [-0.2, 0) is 11.3 Å². The van der Waals surface area contributed by atoms with Gasteiger partial charge in [-0.15, -0.1) is 0 Å². The highest BCUT2D eigenvalue weighted by molar-refractivity contribution is 6.63. The quantitative estimate of drug-likeness (QED) is 0.793. The van der Waals surface area contributed by atoms with Gasteiger partial charge in [0.2, 0.25) is 0 Å². The number of benzene rings is 1. The van der Waals surface area contributed by atoms with E-state index in [2.05, 4.69) is 0 Å². The molecular formula is C11H16BClO4. The number of ether oxygens (including phenoxy) is 1. The van der Waals surface area contributed by atoms with Crippen LogP contribution in [0.3, 0.4) is 0 Å². The summed E-state index contributed by atoms with van der Waals surface area (Å²) in [5.41, 5.74) is 1.32. The molecule has 0 amide bonds. The van der Waals surface area contributed by atoms with Gasteiger partial charge in [-0.1, -0.05) is 25.4 Å². The van der Waals surface area contributed by atoms with Crippen LogP contribution in [0, 0.1) is 0 Å². The van der Waals surface area contributed by atoms with Gasteiger partial charge < -0.3 is 19.5 Å². The van der Waals surface area contributed by atoms with E-state index in [0.717, 1.165) is 5.56 Å². The fraction of sp³-hybridized carbons (Fsp3) is 0.455. The lowest BCUT2D eigenvalue weighted by atomic mass is 9.79. The molecule has 0 bridgehead atoms. The molecule has 0 aromatic heterocycles. The highest BCUT2D eigenvalue weighted by atomic mass is 35.5. The van der Waals surface area contributed by atoms with Crippen molar-refractivity contribution in [3.8, 4) is 5.75 Å². The predicted molar refractivity (Wildman–Crippen MR) is 67.8 cm³/mol. The Morgan fingerprint density at radius 1 is 1.47 bits per heavy atom. The first-order chi connectivity index (χ1) is 8.24. The van der Waals surface area contributed by atoms with Crippen molar-refractivity contribution in [2.45, 2.75) is 20.5 Å². The Kier molecular flexibility index (Phi) is 5.78. The number of fused-ring (bicyclic) bond motifs is 1. The summed E-state index contributed by atoms with van der Waals surface area (Å²) >= 11 is 5.94. The third kappa shape index (κ3) is 3.13. The maximum absolute atomic E-state index is 9.56. The summed E-state index contributed by atoms with van der Waals surface area (Å²) in [6.07, 6.45) is 0. The Labute approximate surface area is 106 Å². The second-order valence-electron chi connectivity index (χ2n) is 3.17. The van der Waals surface area contributed by atoms with Gasteiger partial charge in [0.15, 0.2) is 0 Å². The molecule has 0 aliphatic carbocycles. The average molecular weight is 259 g/mol. The number of aliphatic hydroxyl groups excluding tert-OH is 1. The van der Waals surface area contributed by atoms with Gasteiger partial charge in [0.1, 0.15) is 12.4 Å². The molecule has 6 heteroatoms. The SMILES string of the molecule is CC.OCCOc1ccc(Cl)c2c1B(O)OC2. The molecule has 1 aromatic rings. The summed E-state index contributed by atoms with van der Waals surface area (Å²) in [6.45, 7) is 4.39. The van der Waals surface area contributed by atoms with Crippen molar-refractivity contribution in [1.29, 1.82) is 0 Å². The monoisotopic (exact) mass is 258 g/mol. The van der Waals surface area contributed by atoms with Crippen LogP contribution in [0.15, 0.2) is 12.1 Å². The highest BCUT2D eigenvalue weighted by Crippen LogP contribution is 2.25. The van der Waals surface area contributed by atoms with E-state index in [-0.39, 0.29) is 19.8 Å². The molecule has 0 spiro atoms. The fourth-order valence-electron chi connectivity index (χ4n) is 1.56. The molecule has 1 aliphatic heterocycles. The van der Waals surface area contributed by atoms with Crippen molar-refractivity contribution in [1.82, 2.24) is 0 Å². The standard InChI is InChI=1S/C9H10BClO4.C2H6/c11-7-1-2-8(14-4-3-12)9-6(7)5-15-10(9)13;1-2/h1-2,12-13H,3-5H2;1-2H3. The van der Waals surface area contributed by atoms with E-state index in [4.69, 9.17) is 26.1 Å². The molecule has 4 nitrogen and oxygen atoms in total. The van der Waals surface area contributed by atoms with Crippen LogP contribution in [0.25, 0.3) is 0 Å². The minimum atomic E-state index is -0.993. The zero-order valence-corrected chi connectivity index (χ0v) is 10.7. The lowest BCUT2D eigenvalue weighted by molar-refractivity contribution is 0.202. The summed E-state index contributed by atoms with van der Waals surface area (Å²) in [6, 6.07) is 3.35. The van der Waals surface area contributed by atoms with Crippen molar-refractivity contribution >= 4 is 24.2 Å². The molecule has 1 heterocycles. The van der Waals surface area contributed by atoms with Gasteiger partial charge in [-0.3, -0.25) is 0 Å². The number of aliphatic hydroxyl groups is 1. The second-order valence-corrected chi connectivity index (χ2v) is 3.58. The molecule has 1 aromatic carbocycles. The molecular weight excluding hydrogens is 242 g/mol. The van der Waals surface area contributed by atoms with Gasteiger partial charge in [-0.25, -0.2) is 0 Å². The third-order valence-corrected chi connectivity index (χ3v) is 2.60. The maximum Gasteiger partial charge on any atom is 0.495 e. The van der Waals surface area contributed by atoms with Gasteiger partial charge in [0.25, 0.3) is 0 Å². The number of hydrogen-bond donors (Lipinski definition) is 2. The van der Waals surface area contributed by atoms with Crippen molar-refractivity contribution in [2.24, 2.45) is 0 Å². The fourth-order valence-corrected chi connectivity index (χ4v) is 1.78. The van der Waals surface area contributed by atoms with Crippen LogP contribution in [0.4, 0.5) is 0 Å². The van der Waals surface area contributed by atoms with Gasteiger partial charge in [-0.05, 0) is 17.7 Å². The minimum absolute atomic E-state index is 0.0750. The van der Waals surface area contributed by atoms with E-state index < -0.39 is 7.12 Å². The number of rotatable bonds is 3. The first-order valence-corrected chi connectivity index (χ1v) is 5.96. The summed E-state index contributed by atoms with van der Waals surface area (Å²) in [5, 5.41) is 18.8. The normalized spacial score (nSPS) is 12.9. The van der Waals surface area contributed by atoms with Crippen LogP contribution in [0.5, 0.6) is 5.75 Å². The molecule has 0 saturated carbocycles. The highest BCUT2D eigenvalue weighted by Gasteiger charge is 2.32. The maximum atomic E-state index is 9.56. The molecule has 0 unspecified atom stereocenters. The van der Waals surface area contributed by atoms with E-state index in [1.54, 1.807) is 12.1 Å². The molecule has 0 radical (unpaired) electrons. The summed E-state index contributed by atoms with van der Waals surface area (Å²) in [5.74, 6) is 0.508. The third-order valence-electron chi connectivity index (χ3n) is 2.24. The lowest BCUT2D eigenvalue weighted by Gasteiger charge is -2.10. The first-order valence-electron chi connectivity index (χ1n) is 5.58. The summed E-state index contributed by atoms with van der Waals surface area (Å²) in [4.78, 5) is 0. The Hall–Kier alpha value is -0.745. The molecule has 1 aliphatic rings. The summed E-state index contributed by atoms with van der Waals surface area (Å²) < 4.78 is 10.3. The molecule has 0 fully saturated rings. The summed E-state index contributed by atoms with van der Waals surface area (Å²) in [7, 11) is -0.993. The predicted octanol–water partition coefficient (Wildman–Crippen LogP) is 0.955. The lowest BCUT2D eigenvalue weighted by Crippen LogP contribution is -2.30. The van der Waals surface area contributed by atoms with E-state index in [9.17, 15) is 5.02 Å². The van der Waals surface area contributed by atoms with Gasteiger partial charge in [0.05, 0.1) is 13.2 Å². The molecule has 0 atom stereocenters. The van der Waals surface area contributed by atoms with Crippen LogP contribution >= 0.6 is 11.6 Å². The Morgan fingerprint density at radius 2 is 2.18 bits per heavy atom. The molecule has 17 heavy (non-hydrogen) atoms. The van der Waals surface area contributed by atoms with Crippen molar-refractivity contribution in [3.05, 3.63) is 22.7 Å². The zero-order valence-electron chi connectivity index (χ0n) is 9.94. The van der Waals surface area contributed by atoms with Crippen LogP contribution in [0.1, 0.15) is 19.4 Å². The number of hydrogen-bond acceptors (Lipinski definition) is 4. The number of halogens is 1. The largest absolute Gasteiger partial charge is 0.495 e. The zero-order chi connectivity index (χ0) is 12.8. The minimum Gasteiger partial charge on any atom is -0.492 e. The Morgan fingerprint density at radius 3 is 2.82 bits per heavy atom. The van der Waals surface area contributed by atoms with Gasteiger partial charge in [0, 0.05) is 10.5 Å². The second kappa shape index (κ2) is 6.86. The molecule has 2 rings (SSSR count). The van der Waals surface area contributed by atoms with Crippen molar-refractivity contribution < 1.29 is 19.5 Å². The van der Waals surface area contributed by atoms with E-state index in [0.29, 0.717) is 16.2 Å². The Bertz CT molecular complexity index is 373. The smallest absolute Gasteiger partial charge is 0.492 e. The van der Waals surface area contributed by atoms with Crippen LogP contribution in [0.2, 0.25) is 5.02 Å². The topological polar surface area (TPSA) is 58.9 Å². The first kappa shape index (κ1) is 14.3. The molecule has 0 saturated heterocycles. The molecule has 94 valence electrons. The average Bonchev–Trinajstić information content (AvgIpc) is 2.75. The van der Waals surface area contributed by atoms with Crippen molar-refractivity contribution in [2.75, 3.05) is 13.2 Å². The van der Waals surface area contributed by atoms with E-state index in [1.807, 2.05) is 13.8 Å².